The number of carbonyl (C=O) groups is 2. The molecule has 19 heavy (non-hydrogen) atoms. The smallest absolute Gasteiger partial charge is 0.310 e. The molecule has 0 radical (unpaired) electrons. The van der Waals surface area contributed by atoms with Crippen LogP contribution in [0.4, 0.5) is 0 Å². The highest BCUT2D eigenvalue weighted by Gasteiger charge is 2.45. The second-order valence-corrected chi connectivity index (χ2v) is 4.78. The van der Waals surface area contributed by atoms with Crippen molar-refractivity contribution in [3.05, 3.63) is 23.3 Å². The zero-order valence-electron chi connectivity index (χ0n) is 10.8. The molecule has 2 aliphatic rings. The first-order valence-electron chi connectivity index (χ1n) is 6.11. The lowest BCUT2D eigenvalue weighted by Gasteiger charge is -2.24. The van der Waals surface area contributed by atoms with Crippen molar-refractivity contribution in [2.45, 2.75) is 6.42 Å². The van der Waals surface area contributed by atoms with Crippen molar-refractivity contribution in [3.8, 4) is 11.5 Å². The number of cyclic esters (lactones) is 1. The quantitative estimate of drug-likeness (QED) is 0.750. The van der Waals surface area contributed by atoms with E-state index in [4.69, 9.17) is 14.2 Å². The van der Waals surface area contributed by atoms with E-state index in [0.717, 1.165) is 5.56 Å². The second-order valence-electron chi connectivity index (χ2n) is 4.78. The van der Waals surface area contributed by atoms with Gasteiger partial charge in [-0.1, -0.05) is 0 Å². The van der Waals surface area contributed by atoms with Gasteiger partial charge in [0.2, 0.25) is 0 Å². The molecular formula is C14H14O5. The van der Waals surface area contributed by atoms with E-state index in [1.807, 2.05) is 0 Å². The number of fused-ring (bicyclic) bond motifs is 2. The number of carbonyl (C=O) groups excluding carboxylic acids is 2. The predicted molar refractivity (Wildman–Crippen MR) is 65.5 cm³/mol. The molecule has 0 N–H and O–H groups in total. The number of benzene rings is 1. The van der Waals surface area contributed by atoms with Crippen LogP contribution in [0.1, 0.15) is 15.9 Å². The molecule has 5 heteroatoms. The molecule has 0 bridgehead atoms. The standard InChI is InChI=1S/C14H14O5/c1-17-11-4-7-3-9-10(6-19-14(9)16)13(15)8(7)5-12(11)18-2/h4-5,9-10H,3,6H2,1-2H3. The van der Waals surface area contributed by atoms with Gasteiger partial charge in [-0.3, -0.25) is 9.59 Å². The third kappa shape index (κ3) is 1.69. The summed E-state index contributed by atoms with van der Waals surface area (Å²) in [7, 11) is 3.07. The lowest BCUT2D eigenvalue weighted by atomic mass is 9.76. The third-order valence-corrected chi connectivity index (χ3v) is 3.85. The fourth-order valence-corrected chi connectivity index (χ4v) is 2.80. The summed E-state index contributed by atoms with van der Waals surface area (Å²) in [6.45, 7) is 0.191. The molecule has 0 aromatic heterocycles. The Bertz CT molecular complexity index is 563. The van der Waals surface area contributed by atoms with Crippen LogP contribution in [0.25, 0.3) is 0 Å². The van der Waals surface area contributed by atoms with Crippen molar-refractivity contribution in [1.82, 2.24) is 0 Å². The van der Waals surface area contributed by atoms with Crippen molar-refractivity contribution < 1.29 is 23.8 Å². The molecule has 1 saturated heterocycles. The summed E-state index contributed by atoms with van der Waals surface area (Å²) in [4.78, 5) is 24.0. The minimum Gasteiger partial charge on any atom is -0.493 e. The lowest BCUT2D eigenvalue weighted by Crippen LogP contribution is -2.31. The number of ketones is 1. The van der Waals surface area contributed by atoms with Crippen molar-refractivity contribution >= 4 is 11.8 Å². The Morgan fingerprint density at radius 3 is 2.47 bits per heavy atom. The van der Waals surface area contributed by atoms with Crippen molar-refractivity contribution in [1.29, 1.82) is 0 Å². The molecule has 1 aliphatic carbocycles. The highest BCUT2D eigenvalue weighted by Crippen LogP contribution is 2.40. The van der Waals surface area contributed by atoms with E-state index in [1.165, 1.54) is 7.11 Å². The number of hydrogen-bond donors (Lipinski definition) is 0. The van der Waals surface area contributed by atoms with Crippen molar-refractivity contribution in [2.75, 3.05) is 20.8 Å². The van der Waals surface area contributed by atoms with Gasteiger partial charge < -0.3 is 14.2 Å². The van der Waals surface area contributed by atoms with Crippen LogP contribution < -0.4 is 9.47 Å². The maximum absolute atomic E-state index is 12.4. The minimum atomic E-state index is -0.349. The highest BCUT2D eigenvalue weighted by atomic mass is 16.5. The summed E-state index contributed by atoms with van der Waals surface area (Å²) in [6.07, 6.45) is 0.519. The molecule has 1 aromatic carbocycles. The Kier molecular flexibility index (Phi) is 2.69. The van der Waals surface area contributed by atoms with Crippen molar-refractivity contribution in [3.63, 3.8) is 0 Å². The Hall–Kier alpha value is -2.04. The number of ether oxygens (including phenoxy) is 3. The summed E-state index contributed by atoms with van der Waals surface area (Å²) < 4.78 is 15.4. The highest BCUT2D eigenvalue weighted by molar-refractivity contribution is 6.04. The molecule has 0 amide bonds. The van der Waals surface area contributed by atoms with Crippen LogP contribution in [0, 0.1) is 11.8 Å². The van der Waals surface area contributed by atoms with Gasteiger partial charge in [-0.25, -0.2) is 0 Å². The van der Waals surface area contributed by atoms with Crippen LogP contribution in [0.5, 0.6) is 11.5 Å². The molecule has 3 rings (SSSR count). The van der Waals surface area contributed by atoms with Gasteiger partial charge in [-0.05, 0) is 24.1 Å². The van der Waals surface area contributed by atoms with E-state index in [0.29, 0.717) is 23.5 Å². The minimum absolute atomic E-state index is 0.0435. The molecule has 2 atom stereocenters. The summed E-state index contributed by atoms with van der Waals surface area (Å²) in [5.41, 5.74) is 1.43. The summed E-state index contributed by atoms with van der Waals surface area (Å²) in [5, 5.41) is 0. The Labute approximate surface area is 110 Å². The average molecular weight is 262 g/mol. The van der Waals surface area contributed by atoms with Crippen LogP contribution in [0.3, 0.4) is 0 Å². The zero-order chi connectivity index (χ0) is 13.6. The van der Waals surface area contributed by atoms with Crippen LogP contribution in [0.2, 0.25) is 0 Å². The average Bonchev–Trinajstić information content (AvgIpc) is 2.79. The largest absolute Gasteiger partial charge is 0.493 e. The molecule has 0 spiro atoms. The fourth-order valence-electron chi connectivity index (χ4n) is 2.80. The first-order chi connectivity index (χ1) is 9.15. The molecule has 1 aromatic rings. The molecular weight excluding hydrogens is 248 g/mol. The number of esters is 1. The monoisotopic (exact) mass is 262 g/mol. The van der Waals surface area contributed by atoms with E-state index in [2.05, 4.69) is 0 Å². The van der Waals surface area contributed by atoms with E-state index in [1.54, 1.807) is 19.2 Å². The number of Topliss-reactive ketones (excluding diaryl/α,β-unsaturated/α-hetero) is 1. The van der Waals surface area contributed by atoms with Gasteiger partial charge in [0.25, 0.3) is 0 Å². The van der Waals surface area contributed by atoms with Crippen LogP contribution in [-0.4, -0.2) is 32.6 Å². The normalized spacial score (nSPS) is 24.5. The Balaban J connectivity index is 2.09. The molecule has 0 saturated carbocycles. The lowest BCUT2D eigenvalue weighted by molar-refractivity contribution is -0.141. The summed E-state index contributed by atoms with van der Waals surface area (Å²) in [5.74, 6) is 0.0743. The third-order valence-electron chi connectivity index (χ3n) is 3.85. The van der Waals surface area contributed by atoms with E-state index < -0.39 is 0 Å². The van der Waals surface area contributed by atoms with Gasteiger partial charge in [-0.2, -0.15) is 0 Å². The maximum Gasteiger partial charge on any atom is 0.310 e. The van der Waals surface area contributed by atoms with Gasteiger partial charge >= 0.3 is 5.97 Å². The van der Waals surface area contributed by atoms with Gasteiger partial charge in [0.1, 0.15) is 6.61 Å². The summed E-state index contributed by atoms with van der Waals surface area (Å²) in [6, 6.07) is 3.46. The molecule has 1 aliphatic heterocycles. The van der Waals surface area contributed by atoms with Gasteiger partial charge in [0.05, 0.1) is 26.1 Å². The zero-order valence-corrected chi connectivity index (χ0v) is 10.8. The second kappa shape index (κ2) is 4.26. The van der Waals surface area contributed by atoms with E-state index >= 15 is 0 Å². The first-order valence-corrected chi connectivity index (χ1v) is 6.11. The fraction of sp³-hybridized carbons (Fsp3) is 0.429. The van der Waals surface area contributed by atoms with Gasteiger partial charge in [0, 0.05) is 5.56 Å². The topological polar surface area (TPSA) is 61.8 Å². The SMILES string of the molecule is COc1cc2c(cc1OC)C(=O)C1COC(=O)C1C2. The number of hydrogen-bond acceptors (Lipinski definition) is 5. The molecule has 1 fully saturated rings. The van der Waals surface area contributed by atoms with Crippen LogP contribution in [0.15, 0.2) is 12.1 Å². The van der Waals surface area contributed by atoms with Gasteiger partial charge in [0.15, 0.2) is 17.3 Å². The van der Waals surface area contributed by atoms with Crippen LogP contribution in [-0.2, 0) is 16.0 Å². The predicted octanol–water partition coefficient (Wildman–Crippen LogP) is 1.23. The summed E-state index contributed by atoms with van der Waals surface area (Å²) >= 11 is 0. The van der Waals surface area contributed by atoms with Crippen LogP contribution >= 0.6 is 0 Å². The maximum atomic E-state index is 12.4. The van der Waals surface area contributed by atoms with E-state index in [9.17, 15) is 9.59 Å². The Morgan fingerprint density at radius 2 is 1.79 bits per heavy atom. The van der Waals surface area contributed by atoms with Gasteiger partial charge in [-0.15, -0.1) is 0 Å². The number of rotatable bonds is 2. The van der Waals surface area contributed by atoms with E-state index in [-0.39, 0.29) is 30.2 Å². The number of methoxy groups -OCH3 is 2. The first kappa shape index (κ1) is 12.0. The Morgan fingerprint density at radius 1 is 1.11 bits per heavy atom. The molecule has 5 nitrogen and oxygen atoms in total. The molecule has 2 unspecified atom stereocenters. The molecule has 1 heterocycles. The molecule has 100 valence electrons. The van der Waals surface area contributed by atoms with Crippen molar-refractivity contribution in [2.24, 2.45) is 11.8 Å².